The molecule has 0 spiro atoms. The Balaban J connectivity index is 2.17. The lowest BCUT2D eigenvalue weighted by molar-refractivity contribution is -0.118. The fourth-order valence-corrected chi connectivity index (χ4v) is 3.81. The summed E-state index contributed by atoms with van der Waals surface area (Å²) in [6, 6.07) is 14.5. The van der Waals surface area contributed by atoms with Crippen molar-refractivity contribution in [1.29, 1.82) is 0 Å². The van der Waals surface area contributed by atoms with Crippen LogP contribution < -0.4 is 10.0 Å². The number of nitrogens with one attached hydrogen (secondary N) is 2. The van der Waals surface area contributed by atoms with Gasteiger partial charge >= 0.3 is 0 Å². The van der Waals surface area contributed by atoms with Gasteiger partial charge < -0.3 is 5.32 Å². The summed E-state index contributed by atoms with van der Waals surface area (Å²) in [7, 11) is -3.76. The first kappa shape index (κ1) is 18.9. The standard InChI is InChI=1S/C17H19IN2O3S/c1-12(2)16(17(21)19-14-10-8-13(18)9-11-14)20-24(22,23)15-6-4-3-5-7-15/h3-12,16,20H,1-2H3,(H,19,21)/t16-/m1/s1. The third-order valence-corrected chi connectivity index (χ3v) is 5.57. The lowest BCUT2D eigenvalue weighted by Crippen LogP contribution is -2.47. The van der Waals surface area contributed by atoms with Crippen molar-refractivity contribution in [3.63, 3.8) is 0 Å². The normalized spacial score (nSPS) is 12.8. The number of amides is 1. The monoisotopic (exact) mass is 458 g/mol. The van der Waals surface area contributed by atoms with Gasteiger partial charge in [0.05, 0.1) is 4.90 Å². The summed E-state index contributed by atoms with van der Waals surface area (Å²) in [6.45, 7) is 3.59. The summed E-state index contributed by atoms with van der Waals surface area (Å²) in [5.41, 5.74) is 0.630. The summed E-state index contributed by atoms with van der Waals surface area (Å²) in [4.78, 5) is 12.6. The van der Waals surface area contributed by atoms with Crippen LogP contribution in [0, 0.1) is 9.49 Å². The van der Waals surface area contributed by atoms with Crippen LogP contribution in [0.1, 0.15) is 13.8 Å². The number of rotatable bonds is 6. The fourth-order valence-electron chi connectivity index (χ4n) is 2.08. The number of halogens is 1. The summed E-state index contributed by atoms with van der Waals surface area (Å²) < 4.78 is 28.5. The molecule has 0 aromatic heterocycles. The molecule has 2 aromatic carbocycles. The maximum atomic E-state index is 12.5. The van der Waals surface area contributed by atoms with Crippen molar-refractivity contribution < 1.29 is 13.2 Å². The Kier molecular flexibility index (Phi) is 6.36. The Bertz CT molecular complexity index is 790. The molecule has 0 heterocycles. The predicted molar refractivity (Wildman–Crippen MR) is 103 cm³/mol. The lowest BCUT2D eigenvalue weighted by atomic mass is 10.0. The molecule has 0 fully saturated rings. The third kappa shape index (κ3) is 5.02. The van der Waals surface area contributed by atoms with E-state index in [9.17, 15) is 13.2 Å². The van der Waals surface area contributed by atoms with Crippen LogP contribution in [0.5, 0.6) is 0 Å². The fraction of sp³-hybridized carbons (Fsp3) is 0.235. The van der Waals surface area contributed by atoms with Crippen LogP contribution in [0.4, 0.5) is 5.69 Å². The van der Waals surface area contributed by atoms with Gasteiger partial charge in [0.2, 0.25) is 15.9 Å². The zero-order valence-electron chi connectivity index (χ0n) is 13.4. The van der Waals surface area contributed by atoms with Crippen LogP contribution in [0.25, 0.3) is 0 Å². The van der Waals surface area contributed by atoms with Gasteiger partial charge in [0.25, 0.3) is 0 Å². The van der Waals surface area contributed by atoms with E-state index in [0.29, 0.717) is 5.69 Å². The van der Waals surface area contributed by atoms with Crippen molar-refractivity contribution in [2.75, 3.05) is 5.32 Å². The van der Waals surface area contributed by atoms with Gasteiger partial charge in [-0.15, -0.1) is 0 Å². The molecule has 1 amide bonds. The Morgan fingerprint density at radius 3 is 2.12 bits per heavy atom. The average molecular weight is 458 g/mol. The van der Waals surface area contributed by atoms with Gasteiger partial charge in [0.15, 0.2) is 0 Å². The van der Waals surface area contributed by atoms with Crippen LogP contribution >= 0.6 is 22.6 Å². The maximum absolute atomic E-state index is 12.5. The van der Waals surface area contributed by atoms with Gasteiger partial charge in [-0.2, -0.15) is 4.72 Å². The molecule has 0 aliphatic carbocycles. The van der Waals surface area contributed by atoms with E-state index in [1.54, 1.807) is 44.2 Å². The van der Waals surface area contributed by atoms with Crippen LogP contribution in [0.2, 0.25) is 0 Å². The topological polar surface area (TPSA) is 75.3 Å². The van der Waals surface area contributed by atoms with Gasteiger partial charge in [-0.1, -0.05) is 32.0 Å². The maximum Gasteiger partial charge on any atom is 0.242 e. The number of hydrogen-bond acceptors (Lipinski definition) is 3. The highest BCUT2D eigenvalue weighted by atomic mass is 127. The van der Waals surface area contributed by atoms with E-state index >= 15 is 0 Å². The summed E-state index contributed by atoms with van der Waals surface area (Å²) in [5, 5.41) is 2.76. The molecule has 0 aliphatic rings. The summed E-state index contributed by atoms with van der Waals surface area (Å²) >= 11 is 2.17. The Labute approximate surface area is 156 Å². The molecule has 7 heteroatoms. The molecule has 24 heavy (non-hydrogen) atoms. The Morgan fingerprint density at radius 2 is 1.58 bits per heavy atom. The average Bonchev–Trinajstić information content (AvgIpc) is 2.55. The van der Waals surface area contributed by atoms with Crippen molar-refractivity contribution in [2.45, 2.75) is 24.8 Å². The smallest absolute Gasteiger partial charge is 0.242 e. The molecule has 2 rings (SSSR count). The lowest BCUT2D eigenvalue weighted by Gasteiger charge is -2.21. The number of carbonyl (C=O) groups excluding carboxylic acids is 1. The SMILES string of the molecule is CC(C)[C@@H](NS(=O)(=O)c1ccccc1)C(=O)Nc1ccc(I)cc1. The van der Waals surface area contributed by atoms with E-state index in [1.165, 1.54) is 12.1 Å². The van der Waals surface area contributed by atoms with E-state index in [2.05, 4.69) is 32.6 Å². The highest BCUT2D eigenvalue weighted by Gasteiger charge is 2.28. The van der Waals surface area contributed by atoms with Crippen LogP contribution in [-0.2, 0) is 14.8 Å². The van der Waals surface area contributed by atoms with E-state index in [4.69, 9.17) is 0 Å². The van der Waals surface area contributed by atoms with Crippen molar-refractivity contribution in [3.8, 4) is 0 Å². The van der Waals surface area contributed by atoms with Crippen molar-refractivity contribution >= 4 is 44.2 Å². The first-order chi connectivity index (χ1) is 11.3. The van der Waals surface area contributed by atoms with Crippen molar-refractivity contribution in [2.24, 2.45) is 5.92 Å². The molecule has 0 aliphatic heterocycles. The summed E-state index contributed by atoms with van der Waals surface area (Å²) in [6.07, 6.45) is 0. The summed E-state index contributed by atoms with van der Waals surface area (Å²) in [5.74, 6) is -0.585. The molecule has 128 valence electrons. The number of sulfonamides is 1. The molecule has 5 nitrogen and oxygen atoms in total. The van der Waals surface area contributed by atoms with E-state index in [1.807, 2.05) is 12.1 Å². The van der Waals surface area contributed by atoms with Gasteiger partial charge in [-0.25, -0.2) is 8.42 Å². The third-order valence-electron chi connectivity index (χ3n) is 3.40. The molecular formula is C17H19IN2O3S. The van der Waals surface area contributed by atoms with Crippen LogP contribution in [0.15, 0.2) is 59.5 Å². The van der Waals surface area contributed by atoms with E-state index in [0.717, 1.165) is 3.57 Å². The predicted octanol–water partition coefficient (Wildman–Crippen LogP) is 3.23. The molecule has 0 saturated heterocycles. The highest BCUT2D eigenvalue weighted by Crippen LogP contribution is 2.15. The van der Waals surface area contributed by atoms with Crippen LogP contribution in [0.3, 0.4) is 0 Å². The quantitative estimate of drug-likeness (QED) is 0.653. The molecule has 2 N–H and O–H groups in total. The number of anilines is 1. The number of carbonyl (C=O) groups is 1. The zero-order chi connectivity index (χ0) is 17.7. The number of benzene rings is 2. The van der Waals surface area contributed by atoms with Crippen LogP contribution in [-0.4, -0.2) is 20.4 Å². The molecule has 0 bridgehead atoms. The van der Waals surface area contributed by atoms with E-state index < -0.39 is 16.1 Å². The first-order valence-corrected chi connectivity index (χ1v) is 9.99. The second-order valence-electron chi connectivity index (χ2n) is 5.65. The second kappa shape index (κ2) is 8.09. The Hall–Kier alpha value is -1.45. The van der Waals surface area contributed by atoms with Crippen molar-refractivity contribution in [1.82, 2.24) is 4.72 Å². The Morgan fingerprint density at radius 1 is 1.00 bits per heavy atom. The first-order valence-electron chi connectivity index (χ1n) is 7.43. The van der Waals surface area contributed by atoms with Crippen molar-refractivity contribution in [3.05, 3.63) is 58.2 Å². The minimum Gasteiger partial charge on any atom is -0.325 e. The van der Waals surface area contributed by atoms with Gasteiger partial charge in [-0.3, -0.25) is 4.79 Å². The van der Waals surface area contributed by atoms with Gasteiger partial charge in [0, 0.05) is 9.26 Å². The van der Waals surface area contributed by atoms with E-state index in [-0.39, 0.29) is 16.7 Å². The largest absolute Gasteiger partial charge is 0.325 e. The molecular weight excluding hydrogens is 439 g/mol. The minimum absolute atomic E-state index is 0.137. The molecule has 0 radical (unpaired) electrons. The second-order valence-corrected chi connectivity index (χ2v) is 8.61. The van der Waals surface area contributed by atoms with Gasteiger partial charge in [0.1, 0.15) is 6.04 Å². The molecule has 0 unspecified atom stereocenters. The van der Waals surface area contributed by atoms with Gasteiger partial charge in [-0.05, 0) is 64.9 Å². The highest BCUT2D eigenvalue weighted by molar-refractivity contribution is 14.1. The molecule has 0 saturated carbocycles. The molecule has 2 aromatic rings. The minimum atomic E-state index is -3.76. The zero-order valence-corrected chi connectivity index (χ0v) is 16.3. The molecule has 1 atom stereocenters. The number of hydrogen-bond donors (Lipinski definition) is 2.